The maximum Gasteiger partial charge on any atom is 0.420 e. The van der Waals surface area contributed by atoms with E-state index in [-0.39, 0.29) is 16.5 Å². The van der Waals surface area contributed by atoms with Crippen LogP contribution in [0.25, 0.3) is 22.0 Å². The van der Waals surface area contributed by atoms with E-state index in [0.717, 1.165) is 6.33 Å². The molecule has 0 fully saturated rings. The standard InChI is InChI=1S/C12H6F3N3OS/c13-12(14,15)8-9(7-4-2-1-3-5-7)18-20-10(8)11-16-6-17-19-11/h1-6H. The smallest absolute Gasteiger partial charge is 0.333 e. The van der Waals surface area contributed by atoms with Gasteiger partial charge in [0.25, 0.3) is 5.89 Å². The van der Waals surface area contributed by atoms with Crippen LogP contribution in [0.3, 0.4) is 0 Å². The second-order valence-electron chi connectivity index (χ2n) is 3.85. The molecule has 0 saturated heterocycles. The second-order valence-corrected chi connectivity index (χ2v) is 4.62. The summed E-state index contributed by atoms with van der Waals surface area (Å²) in [5.41, 5.74) is -0.587. The largest absolute Gasteiger partial charge is 0.420 e. The number of aromatic nitrogens is 3. The molecule has 0 atom stereocenters. The zero-order valence-electron chi connectivity index (χ0n) is 9.76. The molecule has 0 aliphatic rings. The monoisotopic (exact) mass is 297 g/mol. The average Bonchev–Trinajstić information content (AvgIpc) is 3.08. The highest BCUT2D eigenvalue weighted by atomic mass is 32.1. The van der Waals surface area contributed by atoms with E-state index in [0.29, 0.717) is 17.1 Å². The Bertz CT molecular complexity index is 707. The molecule has 3 rings (SSSR count). The molecule has 0 bridgehead atoms. The lowest BCUT2D eigenvalue weighted by Gasteiger charge is -2.08. The Hall–Kier alpha value is -2.22. The summed E-state index contributed by atoms with van der Waals surface area (Å²) < 4.78 is 48.5. The minimum atomic E-state index is -4.55. The minimum absolute atomic E-state index is 0.128. The molecular formula is C12H6F3N3OS. The van der Waals surface area contributed by atoms with E-state index in [4.69, 9.17) is 4.52 Å². The van der Waals surface area contributed by atoms with Gasteiger partial charge in [-0.15, -0.1) is 0 Å². The third-order valence-electron chi connectivity index (χ3n) is 2.58. The fraction of sp³-hybridized carbons (Fsp3) is 0.0833. The van der Waals surface area contributed by atoms with Crippen LogP contribution >= 0.6 is 11.5 Å². The van der Waals surface area contributed by atoms with Crippen molar-refractivity contribution in [2.45, 2.75) is 6.18 Å². The van der Waals surface area contributed by atoms with Crippen LogP contribution in [0.2, 0.25) is 0 Å². The van der Waals surface area contributed by atoms with E-state index < -0.39 is 11.7 Å². The molecule has 2 heterocycles. The zero-order chi connectivity index (χ0) is 14.2. The van der Waals surface area contributed by atoms with Gasteiger partial charge in [-0.05, 0) is 11.5 Å². The molecule has 0 unspecified atom stereocenters. The van der Waals surface area contributed by atoms with Crippen LogP contribution < -0.4 is 0 Å². The summed E-state index contributed by atoms with van der Waals surface area (Å²) >= 11 is 0.689. The molecule has 102 valence electrons. The predicted octanol–water partition coefficient (Wildman–Crippen LogP) is 3.88. The minimum Gasteiger partial charge on any atom is -0.333 e. The van der Waals surface area contributed by atoms with Gasteiger partial charge in [-0.2, -0.15) is 22.5 Å². The van der Waals surface area contributed by atoms with Gasteiger partial charge in [0.2, 0.25) is 0 Å². The topological polar surface area (TPSA) is 51.8 Å². The summed E-state index contributed by atoms with van der Waals surface area (Å²) in [7, 11) is 0. The Kier molecular flexibility index (Phi) is 3.01. The number of hydrogen-bond donors (Lipinski definition) is 0. The van der Waals surface area contributed by atoms with Crippen LogP contribution in [0, 0.1) is 0 Å². The quantitative estimate of drug-likeness (QED) is 0.720. The predicted molar refractivity (Wildman–Crippen MR) is 65.8 cm³/mol. The van der Waals surface area contributed by atoms with Crippen molar-refractivity contribution in [3.8, 4) is 22.0 Å². The average molecular weight is 297 g/mol. The molecule has 0 N–H and O–H groups in total. The number of alkyl halides is 3. The molecule has 0 spiro atoms. The third kappa shape index (κ3) is 2.18. The Morgan fingerprint density at radius 1 is 1.10 bits per heavy atom. The van der Waals surface area contributed by atoms with Crippen molar-refractivity contribution >= 4 is 11.5 Å². The van der Waals surface area contributed by atoms with Gasteiger partial charge in [-0.1, -0.05) is 35.5 Å². The molecule has 1 aromatic carbocycles. The number of benzene rings is 1. The molecule has 0 amide bonds. The maximum absolute atomic E-state index is 13.3. The van der Waals surface area contributed by atoms with Gasteiger partial charge in [0.15, 0.2) is 6.33 Å². The third-order valence-corrected chi connectivity index (χ3v) is 3.41. The first-order valence-corrected chi connectivity index (χ1v) is 6.24. The second kappa shape index (κ2) is 4.71. The van der Waals surface area contributed by atoms with Crippen LogP contribution in [-0.4, -0.2) is 14.5 Å². The van der Waals surface area contributed by atoms with Gasteiger partial charge >= 0.3 is 6.18 Å². The SMILES string of the molecule is FC(F)(F)c1c(-c2ccccc2)nsc1-c1ncno1. The lowest BCUT2D eigenvalue weighted by atomic mass is 10.1. The molecule has 2 aromatic heterocycles. The van der Waals surface area contributed by atoms with Crippen molar-refractivity contribution in [1.29, 1.82) is 0 Å². The van der Waals surface area contributed by atoms with E-state index in [2.05, 4.69) is 14.5 Å². The first-order chi connectivity index (χ1) is 9.57. The normalized spacial score (nSPS) is 11.8. The number of halogens is 3. The molecule has 8 heteroatoms. The fourth-order valence-electron chi connectivity index (χ4n) is 1.77. The Morgan fingerprint density at radius 3 is 2.45 bits per heavy atom. The summed E-state index contributed by atoms with van der Waals surface area (Å²) in [6, 6.07) is 8.17. The molecule has 20 heavy (non-hydrogen) atoms. The number of rotatable bonds is 2. The Balaban J connectivity index is 2.23. The van der Waals surface area contributed by atoms with Gasteiger partial charge < -0.3 is 4.52 Å². The number of hydrogen-bond acceptors (Lipinski definition) is 5. The Labute approximate surface area is 115 Å². The van der Waals surface area contributed by atoms with Gasteiger partial charge in [0, 0.05) is 5.56 Å². The van der Waals surface area contributed by atoms with Crippen molar-refractivity contribution in [2.75, 3.05) is 0 Å². The number of nitrogens with zero attached hydrogens (tertiary/aromatic N) is 3. The first-order valence-electron chi connectivity index (χ1n) is 5.46. The Morgan fingerprint density at radius 2 is 1.85 bits per heavy atom. The van der Waals surface area contributed by atoms with Crippen LogP contribution in [0.5, 0.6) is 0 Å². The lowest BCUT2D eigenvalue weighted by Crippen LogP contribution is -2.07. The molecule has 0 aliphatic carbocycles. The van der Waals surface area contributed by atoms with Crippen molar-refractivity contribution in [3.63, 3.8) is 0 Å². The molecule has 0 saturated carbocycles. The highest BCUT2D eigenvalue weighted by molar-refractivity contribution is 7.10. The summed E-state index contributed by atoms with van der Waals surface area (Å²) in [6.07, 6.45) is -3.50. The molecule has 0 aliphatic heterocycles. The summed E-state index contributed by atoms with van der Waals surface area (Å²) in [5.74, 6) is -0.183. The van der Waals surface area contributed by atoms with Gasteiger partial charge in [0.05, 0.1) is 5.69 Å². The molecule has 3 aromatic rings. The van der Waals surface area contributed by atoms with E-state index >= 15 is 0 Å². The summed E-state index contributed by atoms with van der Waals surface area (Å²) in [5, 5.41) is 3.33. The van der Waals surface area contributed by atoms with E-state index in [1.54, 1.807) is 30.3 Å². The van der Waals surface area contributed by atoms with Crippen molar-refractivity contribution in [1.82, 2.24) is 14.5 Å². The van der Waals surface area contributed by atoms with E-state index in [1.165, 1.54) is 0 Å². The summed E-state index contributed by atoms with van der Waals surface area (Å²) in [4.78, 5) is 3.49. The maximum atomic E-state index is 13.3. The zero-order valence-corrected chi connectivity index (χ0v) is 10.6. The lowest BCUT2D eigenvalue weighted by molar-refractivity contribution is -0.136. The first kappa shape index (κ1) is 12.8. The molecular weight excluding hydrogens is 291 g/mol. The van der Waals surface area contributed by atoms with Crippen LogP contribution in [0.4, 0.5) is 13.2 Å². The van der Waals surface area contributed by atoms with Crippen molar-refractivity contribution < 1.29 is 17.7 Å². The van der Waals surface area contributed by atoms with Crippen LogP contribution in [0.1, 0.15) is 5.56 Å². The van der Waals surface area contributed by atoms with Gasteiger partial charge in [-0.3, -0.25) is 0 Å². The van der Waals surface area contributed by atoms with E-state index in [9.17, 15) is 13.2 Å². The van der Waals surface area contributed by atoms with Gasteiger partial charge in [-0.25, -0.2) is 0 Å². The highest BCUT2D eigenvalue weighted by Gasteiger charge is 2.40. The van der Waals surface area contributed by atoms with Crippen LogP contribution in [-0.2, 0) is 6.18 Å². The van der Waals surface area contributed by atoms with Crippen molar-refractivity contribution in [3.05, 3.63) is 42.2 Å². The summed E-state index contributed by atoms with van der Waals surface area (Å²) in [6.45, 7) is 0. The van der Waals surface area contributed by atoms with Crippen LogP contribution in [0.15, 0.2) is 41.2 Å². The highest BCUT2D eigenvalue weighted by Crippen LogP contribution is 2.44. The van der Waals surface area contributed by atoms with Gasteiger partial charge in [0.1, 0.15) is 10.4 Å². The fourth-order valence-corrected chi connectivity index (χ4v) is 2.62. The van der Waals surface area contributed by atoms with E-state index in [1.807, 2.05) is 0 Å². The van der Waals surface area contributed by atoms with Crippen molar-refractivity contribution in [2.24, 2.45) is 0 Å². The molecule has 4 nitrogen and oxygen atoms in total. The molecule has 0 radical (unpaired) electrons.